The second kappa shape index (κ2) is 9.58. The van der Waals surface area contributed by atoms with E-state index in [4.69, 9.17) is 0 Å². The smallest absolute Gasteiger partial charge is 0.227 e. The van der Waals surface area contributed by atoms with Gasteiger partial charge in [-0.1, -0.05) is 75.6 Å². The molecule has 2 amide bonds. The Morgan fingerprint density at radius 1 is 0.919 bits per heavy atom. The first-order valence-electron chi connectivity index (χ1n) is 14.3. The Hall–Kier alpha value is -2.66. The van der Waals surface area contributed by atoms with Gasteiger partial charge in [-0.15, -0.1) is 0 Å². The van der Waals surface area contributed by atoms with Crippen molar-refractivity contribution in [1.29, 1.82) is 0 Å². The second-order valence-corrected chi connectivity index (χ2v) is 13.0. The first-order valence-corrected chi connectivity index (χ1v) is 14.3. The third-order valence-corrected chi connectivity index (χ3v) is 9.66. The fourth-order valence-electron chi connectivity index (χ4n) is 7.20. The summed E-state index contributed by atoms with van der Waals surface area (Å²) in [5.41, 5.74) is 3.84. The number of likely N-dealkylation sites (tertiary alicyclic amines) is 2. The monoisotopic (exact) mass is 499 g/mol. The van der Waals surface area contributed by atoms with Gasteiger partial charge in [0, 0.05) is 61.6 Å². The quantitative estimate of drug-likeness (QED) is 0.556. The van der Waals surface area contributed by atoms with Gasteiger partial charge in [-0.3, -0.25) is 14.5 Å². The van der Waals surface area contributed by atoms with Crippen molar-refractivity contribution in [3.63, 3.8) is 0 Å². The molecular weight excluding hydrogens is 458 g/mol. The molecule has 4 fully saturated rings. The number of hydrogen-bond acceptors (Lipinski definition) is 3. The summed E-state index contributed by atoms with van der Waals surface area (Å²) in [7, 11) is 0. The van der Waals surface area contributed by atoms with Gasteiger partial charge in [0.2, 0.25) is 11.8 Å². The lowest BCUT2D eigenvalue weighted by atomic mass is 9.68. The van der Waals surface area contributed by atoms with Crippen molar-refractivity contribution in [3.8, 4) is 0 Å². The van der Waals surface area contributed by atoms with Gasteiger partial charge in [0.1, 0.15) is 0 Å². The van der Waals surface area contributed by atoms with Crippen LogP contribution in [0.5, 0.6) is 0 Å². The average Bonchev–Trinajstić information content (AvgIpc) is 3.36. The third-order valence-electron chi connectivity index (χ3n) is 9.66. The molecule has 2 saturated carbocycles. The predicted octanol–water partition coefficient (Wildman–Crippen LogP) is 5.68. The van der Waals surface area contributed by atoms with Gasteiger partial charge in [-0.05, 0) is 47.9 Å². The van der Waals surface area contributed by atoms with Crippen LogP contribution in [0.25, 0.3) is 0 Å². The van der Waals surface area contributed by atoms with E-state index in [1.807, 2.05) is 0 Å². The summed E-state index contributed by atoms with van der Waals surface area (Å²) in [6, 6.07) is 19.3. The summed E-state index contributed by atoms with van der Waals surface area (Å²) in [4.78, 5) is 30.5. The molecule has 5 nitrogen and oxygen atoms in total. The van der Waals surface area contributed by atoms with Crippen LogP contribution in [0.2, 0.25) is 0 Å². The van der Waals surface area contributed by atoms with E-state index in [0.717, 1.165) is 70.5 Å². The summed E-state index contributed by atoms with van der Waals surface area (Å²) < 4.78 is 0. The highest BCUT2D eigenvalue weighted by molar-refractivity contribution is 5.92. The van der Waals surface area contributed by atoms with Crippen molar-refractivity contribution in [2.24, 2.45) is 22.7 Å². The number of nitrogens with zero attached hydrogens (tertiary/aromatic N) is 2. The van der Waals surface area contributed by atoms with Gasteiger partial charge < -0.3 is 10.2 Å². The molecule has 4 aliphatic rings. The van der Waals surface area contributed by atoms with Gasteiger partial charge >= 0.3 is 0 Å². The molecule has 2 heterocycles. The molecule has 0 aromatic heterocycles. The maximum absolute atomic E-state index is 13.1. The zero-order valence-electron chi connectivity index (χ0n) is 22.4. The molecule has 2 saturated heterocycles. The van der Waals surface area contributed by atoms with Gasteiger partial charge in [-0.25, -0.2) is 0 Å². The topological polar surface area (TPSA) is 52.7 Å². The second-order valence-electron chi connectivity index (χ2n) is 13.0. The molecule has 1 spiro atoms. The van der Waals surface area contributed by atoms with Gasteiger partial charge in [0.15, 0.2) is 0 Å². The van der Waals surface area contributed by atoms with Crippen LogP contribution < -0.4 is 5.32 Å². The summed E-state index contributed by atoms with van der Waals surface area (Å²) in [6.45, 7) is 9.09. The Bertz CT molecular complexity index is 1130. The van der Waals surface area contributed by atoms with Crippen LogP contribution in [0.4, 0.5) is 5.69 Å². The largest absolute Gasteiger partial charge is 0.341 e. The number of nitrogens with one attached hydrogen (secondary N) is 1. The average molecular weight is 500 g/mol. The van der Waals surface area contributed by atoms with E-state index in [0.29, 0.717) is 11.8 Å². The number of carbonyl (C=O) groups is 2. The lowest BCUT2D eigenvalue weighted by Gasteiger charge is -2.51. The Labute approximate surface area is 221 Å². The van der Waals surface area contributed by atoms with E-state index in [-0.39, 0.29) is 28.6 Å². The number of hydrogen-bond donors (Lipinski definition) is 1. The molecule has 2 aliphatic carbocycles. The number of amides is 2. The molecule has 1 N–H and O–H groups in total. The van der Waals surface area contributed by atoms with Gasteiger partial charge in [0.05, 0.1) is 0 Å². The normalized spacial score (nSPS) is 26.6. The van der Waals surface area contributed by atoms with Crippen molar-refractivity contribution < 1.29 is 9.59 Å². The van der Waals surface area contributed by atoms with Crippen molar-refractivity contribution in [3.05, 3.63) is 65.7 Å². The zero-order chi connectivity index (χ0) is 25.6. The summed E-state index contributed by atoms with van der Waals surface area (Å²) >= 11 is 0. The maximum atomic E-state index is 13.1. The van der Waals surface area contributed by atoms with E-state index in [1.165, 1.54) is 17.5 Å². The Morgan fingerprint density at radius 2 is 1.59 bits per heavy atom. The Morgan fingerprint density at radius 3 is 2.24 bits per heavy atom. The molecule has 0 radical (unpaired) electrons. The highest BCUT2D eigenvalue weighted by Crippen LogP contribution is 2.55. The minimum Gasteiger partial charge on any atom is -0.341 e. The Kier molecular flexibility index (Phi) is 6.38. The molecule has 2 atom stereocenters. The van der Waals surface area contributed by atoms with Crippen LogP contribution in [0.1, 0.15) is 69.4 Å². The summed E-state index contributed by atoms with van der Waals surface area (Å²) in [6.07, 6.45) is 6.63. The van der Waals surface area contributed by atoms with Crippen molar-refractivity contribution >= 4 is 17.5 Å². The van der Waals surface area contributed by atoms with Crippen LogP contribution in [0.3, 0.4) is 0 Å². The molecule has 2 aromatic carbocycles. The molecule has 6 rings (SSSR count). The number of anilines is 1. The highest BCUT2D eigenvalue weighted by atomic mass is 16.2. The van der Waals surface area contributed by atoms with Gasteiger partial charge in [-0.2, -0.15) is 0 Å². The first-order chi connectivity index (χ1) is 17.8. The molecule has 2 aliphatic heterocycles. The van der Waals surface area contributed by atoms with Crippen molar-refractivity contribution in [2.75, 3.05) is 31.5 Å². The van der Waals surface area contributed by atoms with E-state index in [1.54, 1.807) is 0 Å². The molecule has 2 aromatic rings. The number of benzene rings is 2. The lowest BCUT2D eigenvalue weighted by Crippen LogP contribution is -2.62. The maximum Gasteiger partial charge on any atom is 0.227 e. The molecule has 196 valence electrons. The predicted molar refractivity (Wildman–Crippen MR) is 147 cm³/mol. The van der Waals surface area contributed by atoms with E-state index in [9.17, 15) is 9.59 Å². The fourth-order valence-corrected chi connectivity index (χ4v) is 7.20. The minimum absolute atomic E-state index is 0.107. The summed E-state index contributed by atoms with van der Waals surface area (Å²) in [5, 5.41) is 3.17. The van der Waals surface area contributed by atoms with Crippen LogP contribution in [0, 0.1) is 22.7 Å². The molecular formula is C32H41N3O2. The van der Waals surface area contributed by atoms with Crippen LogP contribution in [-0.2, 0) is 16.1 Å². The van der Waals surface area contributed by atoms with E-state index < -0.39 is 0 Å². The Balaban J connectivity index is 1.16. The van der Waals surface area contributed by atoms with Crippen molar-refractivity contribution in [2.45, 2.75) is 64.8 Å². The molecule has 0 bridgehead atoms. The van der Waals surface area contributed by atoms with E-state index in [2.05, 4.69) is 83.6 Å². The van der Waals surface area contributed by atoms with Crippen molar-refractivity contribution in [1.82, 2.24) is 9.80 Å². The first kappa shape index (κ1) is 24.7. The molecule has 37 heavy (non-hydrogen) atoms. The highest BCUT2D eigenvalue weighted by Gasteiger charge is 2.59. The van der Waals surface area contributed by atoms with Crippen LogP contribution in [-0.4, -0.2) is 47.8 Å². The number of carbonyl (C=O) groups excluding carboxylic acids is 2. The standard InChI is InChI=1S/C32H41N3O2/c1-31(2)17-27(31)30(37)35-21-32(22-35)20-34(18-23-9-5-3-6-10-23)19-28(32)24-13-15-26(16-14-24)33-29(36)25-11-7-4-8-12-25/h3,5-6,9-10,13-16,25,27-28H,4,7-8,11-12,17-22H2,1-2H3,(H,33,36)/t27-,28?/m1/s1. The fraction of sp³-hybridized carbons (Fsp3) is 0.562. The minimum atomic E-state index is 0.107. The molecule has 5 heteroatoms. The lowest BCUT2D eigenvalue weighted by molar-refractivity contribution is -0.145. The van der Waals surface area contributed by atoms with Gasteiger partial charge in [0.25, 0.3) is 0 Å². The van der Waals surface area contributed by atoms with Crippen LogP contribution >= 0.6 is 0 Å². The third kappa shape index (κ3) is 4.95. The SMILES string of the molecule is CC1(C)C[C@@H]1C(=O)N1CC2(CN(Cc3ccccc3)CC2c2ccc(NC(=O)C3CCCCC3)cc2)C1. The summed E-state index contributed by atoms with van der Waals surface area (Å²) in [5.74, 6) is 1.28. The number of rotatable bonds is 6. The van der Waals surface area contributed by atoms with E-state index >= 15 is 0 Å². The zero-order valence-corrected chi connectivity index (χ0v) is 22.4. The molecule has 1 unspecified atom stereocenters. The van der Waals surface area contributed by atoms with Crippen LogP contribution in [0.15, 0.2) is 54.6 Å².